The number of benzene rings is 1. The zero-order valence-corrected chi connectivity index (χ0v) is 10.5. The van der Waals surface area contributed by atoms with Gasteiger partial charge in [0.15, 0.2) is 5.78 Å². The monoisotopic (exact) mass is 229 g/mol. The molecular weight excluding hydrogens is 210 g/mol. The van der Waals surface area contributed by atoms with Crippen molar-refractivity contribution in [3.8, 4) is 0 Å². The van der Waals surface area contributed by atoms with Gasteiger partial charge in [0.2, 0.25) is 0 Å². The largest absolute Gasteiger partial charge is 0.360 e. The van der Waals surface area contributed by atoms with Crippen LogP contribution in [0.4, 0.5) is 0 Å². The van der Waals surface area contributed by atoms with E-state index >= 15 is 0 Å². The van der Waals surface area contributed by atoms with E-state index in [1.165, 1.54) is 5.56 Å². The van der Waals surface area contributed by atoms with Crippen molar-refractivity contribution in [1.82, 2.24) is 4.98 Å². The molecule has 2 aromatic rings. The highest BCUT2D eigenvalue weighted by Gasteiger charge is 2.12. The summed E-state index contributed by atoms with van der Waals surface area (Å²) in [6.07, 6.45) is 5.54. The Bertz CT molecular complexity index is 525. The molecule has 0 aliphatic rings. The summed E-state index contributed by atoms with van der Waals surface area (Å²) >= 11 is 0. The fraction of sp³-hybridized carbons (Fsp3) is 0.400. The van der Waals surface area contributed by atoms with E-state index in [2.05, 4.69) is 24.9 Å². The predicted octanol–water partition coefficient (Wildman–Crippen LogP) is 4.10. The maximum absolute atomic E-state index is 12.1. The van der Waals surface area contributed by atoms with Crippen molar-refractivity contribution < 1.29 is 4.79 Å². The van der Waals surface area contributed by atoms with Gasteiger partial charge in [-0.2, -0.15) is 0 Å². The molecule has 1 aromatic carbocycles. The number of ketones is 1. The lowest BCUT2D eigenvalue weighted by molar-refractivity contribution is 0.0981. The van der Waals surface area contributed by atoms with Gasteiger partial charge in [-0.05, 0) is 18.4 Å². The van der Waals surface area contributed by atoms with E-state index in [9.17, 15) is 4.79 Å². The van der Waals surface area contributed by atoms with E-state index in [1.807, 2.05) is 18.3 Å². The number of aromatic amines is 1. The van der Waals surface area contributed by atoms with Gasteiger partial charge < -0.3 is 4.98 Å². The normalized spacial score (nSPS) is 10.9. The third kappa shape index (κ3) is 2.26. The Balaban J connectivity index is 2.39. The van der Waals surface area contributed by atoms with Gasteiger partial charge in [0.05, 0.1) is 0 Å². The molecule has 0 aliphatic heterocycles. The number of H-pyrrole nitrogens is 1. The number of unbranched alkanes of at least 4 members (excludes halogenated alkanes) is 1. The van der Waals surface area contributed by atoms with Crippen LogP contribution in [0.25, 0.3) is 10.9 Å². The summed E-state index contributed by atoms with van der Waals surface area (Å²) in [6, 6.07) is 6.18. The van der Waals surface area contributed by atoms with Crippen molar-refractivity contribution in [2.45, 2.75) is 39.5 Å². The van der Waals surface area contributed by atoms with Gasteiger partial charge in [0.25, 0.3) is 0 Å². The van der Waals surface area contributed by atoms with E-state index in [0.29, 0.717) is 6.42 Å². The molecule has 0 saturated carbocycles. The summed E-state index contributed by atoms with van der Waals surface area (Å²) in [7, 11) is 0. The molecule has 0 amide bonds. The number of Topliss-reactive ketones (excluding diaryl/α,β-unsaturated/α-hetero) is 1. The molecule has 0 saturated heterocycles. The quantitative estimate of drug-likeness (QED) is 0.769. The molecular formula is C15H19NO. The van der Waals surface area contributed by atoms with Crippen LogP contribution in [0, 0.1) is 0 Å². The van der Waals surface area contributed by atoms with Gasteiger partial charge in [0, 0.05) is 29.1 Å². The Labute approximate surface area is 102 Å². The fourth-order valence-corrected chi connectivity index (χ4v) is 2.21. The number of hydrogen-bond acceptors (Lipinski definition) is 1. The molecule has 1 heterocycles. The summed E-state index contributed by atoms with van der Waals surface area (Å²) in [4.78, 5) is 15.3. The van der Waals surface area contributed by atoms with Crippen LogP contribution in [-0.2, 0) is 6.42 Å². The molecule has 0 fully saturated rings. The standard InChI is InChI=1S/C15H19NO/c1-3-5-9-14(17)13-10-16-15-11(4-2)7-6-8-12(13)15/h6-8,10,16H,3-5,9H2,1-2H3. The van der Waals surface area contributed by atoms with Crippen molar-refractivity contribution in [3.63, 3.8) is 0 Å². The summed E-state index contributed by atoms with van der Waals surface area (Å²) in [5.74, 6) is 0.256. The van der Waals surface area contributed by atoms with E-state index in [-0.39, 0.29) is 5.78 Å². The number of rotatable bonds is 5. The minimum absolute atomic E-state index is 0.256. The third-order valence-corrected chi connectivity index (χ3v) is 3.24. The zero-order chi connectivity index (χ0) is 12.3. The second-order valence-electron chi connectivity index (χ2n) is 4.42. The van der Waals surface area contributed by atoms with E-state index in [0.717, 1.165) is 35.7 Å². The molecule has 0 spiro atoms. The highest BCUT2D eigenvalue weighted by molar-refractivity contribution is 6.08. The number of nitrogens with one attached hydrogen (secondary N) is 1. The lowest BCUT2D eigenvalue weighted by Crippen LogP contribution is -1.97. The second-order valence-corrected chi connectivity index (χ2v) is 4.42. The van der Waals surface area contributed by atoms with E-state index < -0.39 is 0 Å². The summed E-state index contributed by atoms with van der Waals surface area (Å²) in [5.41, 5.74) is 3.25. The number of fused-ring (bicyclic) bond motifs is 1. The van der Waals surface area contributed by atoms with E-state index in [1.54, 1.807) is 0 Å². The lowest BCUT2D eigenvalue weighted by Gasteiger charge is -2.00. The Morgan fingerprint density at radius 1 is 1.29 bits per heavy atom. The van der Waals surface area contributed by atoms with Gasteiger partial charge in [-0.3, -0.25) is 4.79 Å². The van der Waals surface area contributed by atoms with Crippen LogP contribution >= 0.6 is 0 Å². The molecule has 0 bridgehead atoms. The molecule has 2 nitrogen and oxygen atoms in total. The maximum Gasteiger partial charge on any atom is 0.165 e. The molecule has 2 heteroatoms. The molecule has 0 atom stereocenters. The average molecular weight is 229 g/mol. The number of para-hydroxylation sites is 1. The second kappa shape index (κ2) is 5.17. The fourth-order valence-electron chi connectivity index (χ4n) is 2.21. The van der Waals surface area contributed by atoms with Crippen LogP contribution in [0.3, 0.4) is 0 Å². The van der Waals surface area contributed by atoms with Gasteiger partial charge in [0.1, 0.15) is 0 Å². The first-order valence-electron chi connectivity index (χ1n) is 6.40. The molecule has 90 valence electrons. The van der Waals surface area contributed by atoms with E-state index in [4.69, 9.17) is 0 Å². The van der Waals surface area contributed by atoms with Gasteiger partial charge in [-0.25, -0.2) is 0 Å². The van der Waals surface area contributed by atoms with Crippen molar-refractivity contribution in [1.29, 1.82) is 0 Å². The Kier molecular flexibility index (Phi) is 3.62. The highest BCUT2D eigenvalue weighted by Crippen LogP contribution is 2.23. The minimum atomic E-state index is 0.256. The minimum Gasteiger partial charge on any atom is -0.360 e. The van der Waals surface area contributed by atoms with Gasteiger partial charge >= 0.3 is 0 Å². The van der Waals surface area contributed by atoms with Crippen LogP contribution < -0.4 is 0 Å². The first kappa shape index (κ1) is 11.9. The SMILES string of the molecule is CCCCC(=O)c1c[nH]c2c(CC)cccc12. The van der Waals surface area contributed by atoms with Crippen LogP contribution in [0.2, 0.25) is 0 Å². The van der Waals surface area contributed by atoms with Crippen molar-refractivity contribution in [2.24, 2.45) is 0 Å². The highest BCUT2D eigenvalue weighted by atomic mass is 16.1. The summed E-state index contributed by atoms with van der Waals surface area (Å²) < 4.78 is 0. The molecule has 2 rings (SSSR count). The Hall–Kier alpha value is -1.57. The molecule has 1 N–H and O–H groups in total. The topological polar surface area (TPSA) is 32.9 Å². The molecule has 0 radical (unpaired) electrons. The van der Waals surface area contributed by atoms with Crippen LogP contribution in [0.5, 0.6) is 0 Å². The summed E-state index contributed by atoms with van der Waals surface area (Å²) in [5, 5.41) is 1.07. The number of hydrogen-bond donors (Lipinski definition) is 1. The zero-order valence-electron chi connectivity index (χ0n) is 10.5. The Morgan fingerprint density at radius 2 is 2.12 bits per heavy atom. The van der Waals surface area contributed by atoms with Crippen LogP contribution in [0.1, 0.15) is 49.0 Å². The van der Waals surface area contributed by atoms with Crippen LogP contribution in [0.15, 0.2) is 24.4 Å². The molecule has 17 heavy (non-hydrogen) atoms. The molecule has 1 aromatic heterocycles. The third-order valence-electron chi connectivity index (χ3n) is 3.24. The van der Waals surface area contributed by atoms with Crippen molar-refractivity contribution in [2.75, 3.05) is 0 Å². The first-order chi connectivity index (χ1) is 8.27. The van der Waals surface area contributed by atoms with Crippen molar-refractivity contribution >= 4 is 16.7 Å². The number of carbonyl (C=O) groups excluding carboxylic acids is 1. The number of carbonyl (C=O) groups is 1. The van der Waals surface area contributed by atoms with Gasteiger partial charge in [-0.1, -0.05) is 38.5 Å². The number of aryl methyl sites for hydroxylation is 1. The lowest BCUT2D eigenvalue weighted by atomic mass is 10.0. The predicted molar refractivity (Wildman–Crippen MR) is 71.5 cm³/mol. The maximum atomic E-state index is 12.1. The van der Waals surface area contributed by atoms with Crippen LogP contribution in [-0.4, -0.2) is 10.8 Å². The average Bonchev–Trinajstić information content (AvgIpc) is 2.79. The van der Waals surface area contributed by atoms with Crippen molar-refractivity contribution in [3.05, 3.63) is 35.5 Å². The first-order valence-corrected chi connectivity index (χ1v) is 6.40. The molecule has 0 unspecified atom stereocenters. The van der Waals surface area contributed by atoms with Gasteiger partial charge in [-0.15, -0.1) is 0 Å². The summed E-state index contributed by atoms with van der Waals surface area (Å²) in [6.45, 7) is 4.24. The molecule has 0 aliphatic carbocycles. The Morgan fingerprint density at radius 3 is 2.82 bits per heavy atom. The smallest absolute Gasteiger partial charge is 0.165 e. The number of aromatic nitrogens is 1.